The predicted molar refractivity (Wildman–Crippen MR) is 82.4 cm³/mol. The van der Waals surface area contributed by atoms with Crippen LogP contribution in [0.1, 0.15) is 73.6 Å². The normalized spacial score (nSPS) is 19.5. The topological polar surface area (TPSA) is 46.2 Å². The van der Waals surface area contributed by atoms with Gasteiger partial charge in [-0.15, -0.1) is 0 Å². The predicted octanol–water partition coefficient (Wildman–Crippen LogP) is 3.71. The molecule has 0 aromatic carbocycles. The Hall–Kier alpha value is -0.860. The first-order valence-corrected chi connectivity index (χ1v) is 7.89. The molecule has 0 radical (unpaired) electrons. The first kappa shape index (κ1) is 17.2. The van der Waals surface area contributed by atoms with Crippen molar-refractivity contribution in [1.29, 1.82) is 0 Å². The molecule has 0 aliphatic heterocycles. The summed E-state index contributed by atoms with van der Waals surface area (Å²) >= 11 is 0. The Labute approximate surface area is 123 Å². The molecule has 1 aliphatic carbocycles. The van der Waals surface area contributed by atoms with Crippen molar-refractivity contribution in [2.24, 2.45) is 16.7 Å². The second-order valence-electron chi connectivity index (χ2n) is 8.21. The van der Waals surface area contributed by atoms with E-state index in [1.54, 1.807) is 0 Å². The summed E-state index contributed by atoms with van der Waals surface area (Å²) in [6.45, 7) is 11.5. The Morgan fingerprint density at radius 3 is 1.80 bits per heavy atom. The average molecular weight is 281 g/mol. The summed E-state index contributed by atoms with van der Waals surface area (Å²) in [5.74, 6) is 0.453. The van der Waals surface area contributed by atoms with Gasteiger partial charge in [0.1, 0.15) is 0 Å². The first-order chi connectivity index (χ1) is 9.03. The van der Waals surface area contributed by atoms with E-state index in [-0.39, 0.29) is 17.7 Å². The highest BCUT2D eigenvalue weighted by Crippen LogP contribution is 2.31. The number of nitrogens with one attached hydrogen (secondary N) is 1. The molecule has 1 atom stereocenters. The molecule has 1 rings (SSSR count). The van der Waals surface area contributed by atoms with E-state index in [0.717, 1.165) is 12.8 Å². The van der Waals surface area contributed by atoms with Crippen molar-refractivity contribution in [2.75, 3.05) is 0 Å². The minimum absolute atomic E-state index is 0.0225. The van der Waals surface area contributed by atoms with E-state index >= 15 is 0 Å². The summed E-state index contributed by atoms with van der Waals surface area (Å²) in [6.07, 6.45) is 5.70. The Kier molecular flexibility index (Phi) is 5.39. The largest absolute Gasteiger partial charge is 0.346 e. The number of hydrogen-bond acceptors (Lipinski definition) is 2. The Morgan fingerprint density at radius 1 is 0.900 bits per heavy atom. The van der Waals surface area contributed by atoms with E-state index in [1.165, 1.54) is 19.3 Å². The van der Waals surface area contributed by atoms with Gasteiger partial charge in [0.2, 0.25) is 5.91 Å². The van der Waals surface area contributed by atoms with Crippen molar-refractivity contribution in [2.45, 2.75) is 79.7 Å². The van der Waals surface area contributed by atoms with Crippen molar-refractivity contribution in [3.63, 3.8) is 0 Å². The molecule has 1 N–H and O–H groups in total. The molecule has 20 heavy (non-hydrogen) atoms. The van der Waals surface area contributed by atoms with Crippen LogP contribution in [0, 0.1) is 16.7 Å². The second kappa shape index (κ2) is 6.28. The number of Topliss-reactive ketones (excluding diaryl/α,β-unsaturated/α-hetero) is 1. The monoisotopic (exact) mass is 281 g/mol. The molecule has 1 amide bonds. The van der Waals surface area contributed by atoms with E-state index in [9.17, 15) is 9.59 Å². The van der Waals surface area contributed by atoms with Crippen LogP contribution in [0.5, 0.6) is 0 Å². The maximum atomic E-state index is 12.7. The van der Waals surface area contributed by atoms with Gasteiger partial charge in [0, 0.05) is 10.8 Å². The van der Waals surface area contributed by atoms with Gasteiger partial charge in [0.25, 0.3) is 0 Å². The van der Waals surface area contributed by atoms with E-state index in [2.05, 4.69) is 5.32 Å². The van der Waals surface area contributed by atoms with Crippen LogP contribution in [-0.4, -0.2) is 17.7 Å². The Morgan fingerprint density at radius 2 is 1.40 bits per heavy atom. The zero-order valence-corrected chi connectivity index (χ0v) is 14.0. The molecular formula is C17H31NO2. The highest BCUT2D eigenvalue weighted by Gasteiger charge is 2.38. The molecule has 1 saturated carbocycles. The summed E-state index contributed by atoms with van der Waals surface area (Å²) in [6, 6.07) is -0.318. The molecule has 1 aliphatic rings. The third kappa shape index (κ3) is 4.60. The molecule has 0 saturated heterocycles. The van der Waals surface area contributed by atoms with Crippen molar-refractivity contribution in [1.82, 2.24) is 5.32 Å². The summed E-state index contributed by atoms with van der Waals surface area (Å²) in [7, 11) is 0. The number of rotatable bonds is 3. The zero-order valence-electron chi connectivity index (χ0n) is 14.0. The number of amides is 1. The van der Waals surface area contributed by atoms with E-state index in [4.69, 9.17) is 0 Å². The van der Waals surface area contributed by atoms with E-state index in [0.29, 0.717) is 5.92 Å². The summed E-state index contributed by atoms with van der Waals surface area (Å²) in [5.41, 5.74) is -0.863. The SMILES string of the molecule is CC(C)(C)C(=O)NC(C(=O)C(C)(C)C)C1CCCCC1. The quantitative estimate of drug-likeness (QED) is 0.857. The lowest BCUT2D eigenvalue weighted by molar-refractivity contribution is -0.137. The van der Waals surface area contributed by atoms with E-state index in [1.807, 2.05) is 41.5 Å². The van der Waals surface area contributed by atoms with Crippen LogP contribution in [0.4, 0.5) is 0 Å². The molecule has 3 nitrogen and oxygen atoms in total. The van der Waals surface area contributed by atoms with Crippen LogP contribution < -0.4 is 5.32 Å². The van der Waals surface area contributed by atoms with Crippen molar-refractivity contribution >= 4 is 11.7 Å². The number of hydrogen-bond donors (Lipinski definition) is 1. The minimum atomic E-state index is -0.453. The molecule has 3 heteroatoms. The standard InChI is InChI=1S/C17H31NO2/c1-16(2,3)14(19)13(12-10-8-7-9-11-12)18-15(20)17(4,5)6/h12-13H,7-11H2,1-6H3,(H,18,20). The van der Waals surface area contributed by atoms with Crippen LogP contribution in [-0.2, 0) is 9.59 Å². The number of carbonyl (C=O) groups excluding carboxylic acids is 2. The number of carbonyl (C=O) groups is 2. The number of ketones is 1. The fraction of sp³-hybridized carbons (Fsp3) is 0.882. The van der Waals surface area contributed by atoms with Crippen LogP contribution >= 0.6 is 0 Å². The van der Waals surface area contributed by atoms with Crippen molar-refractivity contribution in [3.8, 4) is 0 Å². The molecular weight excluding hydrogens is 250 g/mol. The Bertz CT molecular complexity index is 354. The zero-order chi connectivity index (χ0) is 15.6. The molecule has 0 aromatic heterocycles. The summed E-state index contributed by atoms with van der Waals surface area (Å²) in [5, 5.41) is 3.04. The molecule has 116 valence electrons. The lowest BCUT2D eigenvalue weighted by Crippen LogP contribution is -2.53. The highest BCUT2D eigenvalue weighted by atomic mass is 16.2. The third-order valence-corrected chi connectivity index (χ3v) is 4.11. The van der Waals surface area contributed by atoms with Crippen LogP contribution in [0.15, 0.2) is 0 Å². The van der Waals surface area contributed by atoms with Crippen molar-refractivity contribution in [3.05, 3.63) is 0 Å². The van der Waals surface area contributed by atoms with Crippen LogP contribution in [0.3, 0.4) is 0 Å². The Balaban J connectivity index is 2.89. The highest BCUT2D eigenvalue weighted by molar-refractivity contribution is 5.93. The smallest absolute Gasteiger partial charge is 0.225 e. The molecule has 0 heterocycles. The fourth-order valence-corrected chi connectivity index (χ4v) is 2.69. The summed E-state index contributed by atoms with van der Waals surface area (Å²) in [4.78, 5) is 25.0. The molecule has 0 bridgehead atoms. The lowest BCUT2D eigenvalue weighted by atomic mass is 9.75. The van der Waals surface area contributed by atoms with Gasteiger partial charge in [-0.3, -0.25) is 9.59 Å². The van der Waals surface area contributed by atoms with Gasteiger partial charge < -0.3 is 5.32 Å². The molecule has 0 spiro atoms. The maximum absolute atomic E-state index is 12.7. The van der Waals surface area contributed by atoms with Gasteiger partial charge in [-0.05, 0) is 18.8 Å². The third-order valence-electron chi connectivity index (χ3n) is 4.11. The van der Waals surface area contributed by atoms with Crippen LogP contribution in [0.25, 0.3) is 0 Å². The van der Waals surface area contributed by atoms with Gasteiger partial charge in [-0.1, -0.05) is 60.8 Å². The second-order valence-corrected chi connectivity index (χ2v) is 8.21. The van der Waals surface area contributed by atoms with E-state index < -0.39 is 10.8 Å². The maximum Gasteiger partial charge on any atom is 0.225 e. The molecule has 0 aromatic rings. The van der Waals surface area contributed by atoms with Gasteiger partial charge in [0.15, 0.2) is 5.78 Å². The van der Waals surface area contributed by atoms with Crippen molar-refractivity contribution < 1.29 is 9.59 Å². The fourth-order valence-electron chi connectivity index (χ4n) is 2.69. The average Bonchev–Trinajstić information content (AvgIpc) is 2.33. The minimum Gasteiger partial charge on any atom is -0.346 e. The molecule has 1 fully saturated rings. The van der Waals surface area contributed by atoms with Gasteiger partial charge in [0.05, 0.1) is 6.04 Å². The molecule has 1 unspecified atom stereocenters. The van der Waals surface area contributed by atoms with Crippen LogP contribution in [0.2, 0.25) is 0 Å². The summed E-state index contributed by atoms with van der Waals surface area (Å²) < 4.78 is 0. The van der Waals surface area contributed by atoms with Gasteiger partial charge in [-0.25, -0.2) is 0 Å². The first-order valence-electron chi connectivity index (χ1n) is 7.89. The lowest BCUT2D eigenvalue weighted by Gasteiger charge is -2.35. The van der Waals surface area contributed by atoms with Gasteiger partial charge >= 0.3 is 0 Å². The van der Waals surface area contributed by atoms with Gasteiger partial charge in [-0.2, -0.15) is 0 Å².